The zero-order valence-corrected chi connectivity index (χ0v) is 15.6. The van der Waals surface area contributed by atoms with Crippen LogP contribution < -0.4 is 0 Å². The summed E-state index contributed by atoms with van der Waals surface area (Å²) < 4.78 is 1.41. The molecule has 2 aromatic heterocycles. The summed E-state index contributed by atoms with van der Waals surface area (Å²) in [5, 5.41) is 6.70. The molecule has 0 N–H and O–H groups in total. The van der Waals surface area contributed by atoms with Gasteiger partial charge in [0.05, 0.1) is 0 Å². The number of hydrogen-bond acceptors (Lipinski definition) is 2. The molecule has 3 aromatic carbocycles. The summed E-state index contributed by atoms with van der Waals surface area (Å²) in [6, 6.07) is 20.7. The van der Waals surface area contributed by atoms with E-state index in [0.717, 1.165) is 12.8 Å². The van der Waals surface area contributed by atoms with Crippen LogP contribution in [0.5, 0.6) is 0 Å². The highest BCUT2D eigenvalue weighted by molar-refractivity contribution is 7.22. The quantitative estimate of drug-likeness (QED) is 0.265. The Morgan fingerprint density at radius 2 is 1.42 bits per heavy atom. The first kappa shape index (κ1) is 13.7. The Hall–Kier alpha value is -2.42. The summed E-state index contributed by atoms with van der Waals surface area (Å²) in [5.41, 5.74) is 8.90. The molecule has 0 saturated carbocycles. The molecule has 0 fully saturated rings. The predicted molar refractivity (Wildman–Crippen MR) is 114 cm³/mol. The molecule has 2 heterocycles. The van der Waals surface area contributed by atoms with Crippen molar-refractivity contribution in [3.63, 3.8) is 0 Å². The van der Waals surface area contributed by atoms with Gasteiger partial charge in [0, 0.05) is 32.0 Å². The smallest absolute Gasteiger partial charge is 0.0397 e. The van der Waals surface area contributed by atoms with Gasteiger partial charge >= 0.3 is 0 Å². The average molecular weight is 367 g/mol. The number of thiophene rings is 2. The van der Waals surface area contributed by atoms with Crippen LogP contribution in [0.15, 0.2) is 60.0 Å². The van der Waals surface area contributed by atoms with Gasteiger partial charge in [-0.05, 0) is 62.3 Å². The molecule has 26 heavy (non-hydrogen) atoms. The maximum absolute atomic E-state index is 2.38. The third-order valence-electron chi connectivity index (χ3n) is 6.02. The maximum Gasteiger partial charge on any atom is 0.0397 e. The van der Waals surface area contributed by atoms with Gasteiger partial charge in [-0.1, -0.05) is 42.5 Å². The van der Waals surface area contributed by atoms with Crippen molar-refractivity contribution in [3.05, 3.63) is 82.2 Å². The van der Waals surface area contributed by atoms with Crippen molar-refractivity contribution in [2.24, 2.45) is 0 Å². The summed E-state index contributed by atoms with van der Waals surface area (Å²) in [6.07, 6.45) is 2.13. The van der Waals surface area contributed by atoms with Gasteiger partial charge < -0.3 is 0 Å². The molecule has 0 radical (unpaired) electrons. The van der Waals surface area contributed by atoms with E-state index in [9.17, 15) is 0 Å². The fourth-order valence-corrected chi connectivity index (χ4v) is 7.12. The lowest BCUT2D eigenvalue weighted by Crippen LogP contribution is -2.04. The molecule has 0 nitrogen and oxygen atoms in total. The summed E-state index contributed by atoms with van der Waals surface area (Å²) >= 11 is 3.86. The lowest BCUT2D eigenvalue weighted by atomic mass is 9.80. The van der Waals surface area contributed by atoms with Gasteiger partial charge in [0.15, 0.2) is 0 Å². The summed E-state index contributed by atoms with van der Waals surface area (Å²) in [4.78, 5) is 2.96. The molecule has 0 bridgehead atoms. The number of hydrogen-bond donors (Lipinski definition) is 0. The van der Waals surface area contributed by atoms with Crippen molar-refractivity contribution >= 4 is 43.5 Å². The van der Waals surface area contributed by atoms with Crippen LogP contribution in [0.3, 0.4) is 0 Å². The van der Waals surface area contributed by atoms with E-state index in [1.165, 1.54) is 64.0 Å². The van der Waals surface area contributed by atoms with E-state index < -0.39 is 0 Å². The Morgan fingerprint density at radius 1 is 0.654 bits per heavy atom. The van der Waals surface area contributed by atoms with Crippen LogP contribution in [0, 0.1) is 0 Å². The molecule has 122 valence electrons. The zero-order chi connectivity index (χ0) is 16.8. The van der Waals surface area contributed by atoms with E-state index in [2.05, 4.69) is 60.0 Å². The SMILES string of the molecule is c1ccc2c3c(sc2c1)-c1ccc2c4c(ccc(c14)C3)-c1sccc1C2. The van der Waals surface area contributed by atoms with Crippen molar-refractivity contribution in [2.75, 3.05) is 0 Å². The highest BCUT2D eigenvalue weighted by atomic mass is 32.1. The fraction of sp³-hybridized carbons (Fsp3) is 0.0833. The van der Waals surface area contributed by atoms with Gasteiger partial charge in [0.1, 0.15) is 0 Å². The largest absolute Gasteiger partial charge is 0.144 e. The molecular weight excluding hydrogens is 352 g/mol. The molecule has 2 aliphatic carbocycles. The molecule has 0 saturated heterocycles. The van der Waals surface area contributed by atoms with Crippen molar-refractivity contribution < 1.29 is 0 Å². The second kappa shape index (κ2) is 4.64. The lowest BCUT2D eigenvalue weighted by molar-refractivity contribution is 1.19. The first-order valence-corrected chi connectivity index (χ1v) is 10.7. The van der Waals surface area contributed by atoms with E-state index in [4.69, 9.17) is 0 Å². The van der Waals surface area contributed by atoms with Crippen LogP contribution in [-0.4, -0.2) is 0 Å². The standard InChI is InChI=1S/C24H14S2/c1-2-4-20-16(3-1)19-12-14-6-7-17-21-13(11-15-9-10-25-23(15)17)5-8-18(22(14)21)24(19)26-20/h1-10H,11-12H2. The average Bonchev–Trinajstić information content (AvgIpc) is 3.29. The predicted octanol–water partition coefficient (Wildman–Crippen LogP) is 7.26. The topological polar surface area (TPSA) is 0 Å². The van der Waals surface area contributed by atoms with Gasteiger partial charge in [-0.25, -0.2) is 0 Å². The summed E-state index contributed by atoms with van der Waals surface area (Å²) in [6.45, 7) is 0. The van der Waals surface area contributed by atoms with Crippen LogP contribution in [0.2, 0.25) is 0 Å². The normalized spacial score (nSPS) is 13.8. The second-order valence-electron chi connectivity index (χ2n) is 7.33. The van der Waals surface area contributed by atoms with Crippen molar-refractivity contribution in [1.82, 2.24) is 0 Å². The van der Waals surface area contributed by atoms with E-state index in [1.807, 2.05) is 22.7 Å². The van der Waals surface area contributed by atoms with Crippen molar-refractivity contribution in [2.45, 2.75) is 12.8 Å². The van der Waals surface area contributed by atoms with E-state index in [0.29, 0.717) is 0 Å². The monoisotopic (exact) mass is 366 g/mol. The molecular formula is C24H14S2. The molecule has 2 aliphatic rings. The minimum atomic E-state index is 1.06. The second-order valence-corrected chi connectivity index (χ2v) is 9.30. The number of benzene rings is 3. The molecule has 0 aliphatic heterocycles. The lowest BCUT2D eigenvalue weighted by Gasteiger charge is -2.25. The minimum Gasteiger partial charge on any atom is -0.144 e. The van der Waals surface area contributed by atoms with Crippen molar-refractivity contribution in [1.29, 1.82) is 0 Å². The third-order valence-corrected chi connectivity index (χ3v) is 8.25. The Labute approximate surface area is 159 Å². The van der Waals surface area contributed by atoms with Gasteiger partial charge in [-0.15, -0.1) is 22.7 Å². The highest BCUT2D eigenvalue weighted by Crippen LogP contribution is 2.51. The van der Waals surface area contributed by atoms with Crippen LogP contribution in [-0.2, 0) is 12.8 Å². The molecule has 5 aromatic rings. The number of rotatable bonds is 0. The Morgan fingerprint density at radius 3 is 2.31 bits per heavy atom. The van der Waals surface area contributed by atoms with Crippen molar-refractivity contribution in [3.8, 4) is 20.9 Å². The van der Waals surface area contributed by atoms with Gasteiger partial charge in [-0.2, -0.15) is 0 Å². The maximum atomic E-state index is 2.38. The number of fused-ring (bicyclic) bond motifs is 6. The molecule has 0 spiro atoms. The fourth-order valence-electron chi connectivity index (χ4n) is 4.91. The Balaban J connectivity index is 1.65. The van der Waals surface area contributed by atoms with Gasteiger partial charge in [0.25, 0.3) is 0 Å². The van der Waals surface area contributed by atoms with Crippen LogP contribution in [0.4, 0.5) is 0 Å². The van der Waals surface area contributed by atoms with E-state index in [-0.39, 0.29) is 0 Å². The summed E-state index contributed by atoms with van der Waals surface area (Å²) in [7, 11) is 0. The van der Waals surface area contributed by atoms with E-state index >= 15 is 0 Å². The van der Waals surface area contributed by atoms with Gasteiger partial charge in [-0.3, -0.25) is 0 Å². The molecule has 0 unspecified atom stereocenters. The van der Waals surface area contributed by atoms with Crippen LogP contribution in [0.25, 0.3) is 41.7 Å². The molecule has 0 atom stereocenters. The Bertz CT molecular complexity index is 1380. The molecule has 7 rings (SSSR count). The van der Waals surface area contributed by atoms with Gasteiger partial charge in [0.2, 0.25) is 0 Å². The Kier molecular flexibility index (Phi) is 2.45. The molecule has 2 heteroatoms. The van der Waals surface area contributed by atoms with Crippen LogP contribution >= 0.6 is 22.7 Å². The minimum absolute atomic E-state index is 1.06. The van der Waals surface area contributed by atoms with Crippen LogP contribution in [0.1, 0.15) is 22.3 Å². The third kappa shape index (κ3) is 1.56. The zero-order valence-electron chi connectivity index (χ0n) is 14.0. The first-order valence-electron chi connectivity index (χ1n) is 9.03. The first-order chi connectivity index (χ1) is 12.9. The highest BCUT2D eigenvalue weighted by Gasteiger charge is 2.27. The molecule has 0 amide bonds. The summed E-state index contributed by atoms with van der Waals surface area (Å²) in [5.74, 6) is 0. The van der Waals surface area contributed by atoms with E-state index in [1.54, 1.807) is 0 Å².